The first-order valence-electron chi connectivity index (χ1n) is 1.82. The van der Waals surface area contributed by atoms with Crippen LogP contribution in [0.1, 0.15) is 6.92 Å². The molecule has 0 spiro atoms. The topological polar surface area (TPSA) is 3.24 Å². The van der Waals surface area contributed by atoms with E-state index in [2.05, 4.69) is 0 Å². The molecule has 0 saturated carbocycles. The van der Waals surface area contributed by atoms with Crippen molar-refractivity contribution < 1.29 is 0 Å². The minimum Gasteiger partial charge on any atom is -0.373 e. The van der Waals surface area contributed by atoms with E-state index in [1.54, 1.807) is 0 Å². The second-order valence-electron chi connectivity index (χ2n) is 1.41. The summed E-state index contributed by atoms with van der Waals surface area (Å²) in [5.41, 5.74) is 0. The molecule has 0 saturated heterocycles. The summed E-state index contributed by atoms with van der Waals surface area (Å²) in [4.78, 5) is 2.82. The lowest BCUT2D eigenvalue weighted by Gasteiger charge is -2.06. The van der Waals surface area contributed by atoms with Gasteiger partial charge in [0.05, 0.1) is 4.99 Å². The second-order valence-corrected chi connectivity index (χ2v) is 2.00. The molecule has 36 valence electrons. The number of nitrogens with zero attached hydrogens (tertiary/aromatic N) is 1. The summed E-state index contributed by atoms with van der Waals surface area (Å²) >= 11 is 4.75. The average molecular weight is 103 g/mol. The van der Waals surface area contributed by atoms with E-state index in [1.165, 1.54) is 0 Å². The van der Waals surface area contributed by atoms with Gasteiger partial charge in [-0.05, 0) is 6.92 Å². The van der Waals surface area contributed by atoms with Crippen LogP contribution in [0, 0.1) is 0 Å². The van der Waals surface area contributed by atoms with Crippen molar-refractivity contribution in [2.45, 2.75) is 6.92 Å². The Morgan fingerprint density at radius 1 is 1.50 bits per heavy atom. The smallest absolute Gasteiger partial charge is 0.0742 e. The number of thiocarbonyl (C=S) groups is 1. The van der Waals surface area contributed by atoms with Crippen molar-refractivity contribution in [1.29, 1.82) is 0 Å². The molecule has 0 rings (SSSR count). The highest BCUT2D eigenvalue weighted by atomic mass is 32.1. The van der Waals surface area contributed by atoms with Crippen molar-refractivity contribution in [1.82, 2.24) is 4.90 Å². The Morgan fingerprint density at radius 2 is 1.67 bits per heavy atom. The molecule has 0 bridgehead atoms. The average Bonchev–Trinajstić information content (AvgIpc) is 1.36. The molecule has 0 atom stereocenters. The minimum atomic E-state index is 0.926. The minimum absolute atomic E-state index is 0.926. The van der Waals surface area contributed by atoms with Crippen LogP contribution in [0.2, 0.25) is 0 Å². The van der Waals surface area contributed by atoms with Crippen LogP contribution in [-0.2, 0) is 0 Å². The predicted molar refractivity (Wildman–Crippen MR) is 32.0 cm³/mol. The van der Waals surface area contributed by atoms with Crippen molar-refractivity contribution in [2.24, 2.45) is 0 Å². The maximum absolute atomic E-state index is 4.75. The van der Waals surface area contributed by atoms with Crippen LogP contribution in [0.3, 0.4) is 0 Å². The molecule has 2 heteroatoms. The molecule has 0 aromatic heterocycles. The molecule has 1 nitrogen and oxygen atoms in total. The van der Waals surface area contributed by atoms with Gasteiger partial charge in [0.15, 0.2) is 0 Å². The monoisotopic (exact) mass is 103 g/mol. The predicted octanol–water partition coefficient (Wildman–Crippen LogP) is 0.895. The van der Waals surface area contributed by atoms with Crippen LogP contribution >= 0.6 is 12.2 Å². The van der Waals surface area contributed by atoms with E-state index in [-0.39, 0.29) is 0 Å². The number of rotatable bonds is 0. The van der Waals surface area contributed by atoms with Crippen LogP contribution in [0.4, 0.5) is 0 Å². The van der Waals surface area contributed by atoms with Crippen molar-refractivity contribution in [3.05, 3.63) is 0 Å². The van der Waals surface area contributed by atoms with E-state index in [4.69, 9.17) is 12.2 Å². The molecule has 0 amide bonds. The van der Waals surface area contributed by atoms with E-state index in [0.29, 0.717) is 0 Å². The molecule has 0 radical (unpaired) electrons. The van der Waals surface area contributed by atoms with Gasteiger partial charge in [0.2, 0.25) is 0 Å². The van der Waals surface area contributed by atoms with Gasteiger partial charge >= 0.3 is 0 Å². The zero-order valence-electron chi connectivity index (χ0n) is 4.36. The molecule has 6 heavy (non-hydrogen) atoms. The largest absolute Gasteiger partial charge is 0.373 e. The Balaban J connectivity index is 3.26. The highest BCUT2D eigenvalue weighted by Crippen LogP contribution is 1.75. The highest BCUT2D eigenvalue weighted by Gasteiger charge is 1.82. The van der Waals surface area contributed by atoms with E-state index in [0.717, 1.165) is 4.99 Å². The molecule has 0 aliphatic carbocycles. The van der Waals surface area contributed by atoms with Gasteiger partial charge < -0.3 is 4.90 Å². The molecular formula is C4H9NS. The molecule has 0 aliphatic heterocycles. The van der Waals surface area contributed by atoms with Crippen LogP contribution in [0.15, 0.2) is 0 Å². The third-order valence-electron chi connectivity index (χ3n) is 0.630. The van der Waals surface area contributed by atoms with E-state index >= 15 is 0 Å². The van der Waals surface area contributed by atoms with Crippen LogP contribution in [0.25, 0.3) is 0 Å². The summed E-state index contributed by atoms with van der Waals surface area (Å²) < 4.78 is 0. The molecule has 0 heterocycles. The first-order valence-corrected chi connectivity index (χ1v) is 2.23. The fourth-order valence-electron chi connectivity index (χ4n) is 0. The van der Waals surface area contributed by atoms with E-state index in [9.17, 15) is 0 Å². The molecule has 0 N–H and O–H groups in total. The van der Waals surface area contributed by atoms with Gasteiger partial charge in [-0.15, -0.1) is 0 Å². The summed E-state index contributed by atoms with van der Waals surface area (Å²) in [5, 5.41) is 0. The fraction of sp³-hybridized carbons (Fsp3) is 0.750. The Hall–Kier alpha value is -0.110. The van der Waals surface area contributed by atoms with Gasteiger partial charge in [-0.2, -0.15) is 0 Å². The third-order valence-corrected chi connectivity index (χ3v) is 0.995. The van der Waals surface area contributed by atoms with Gasteiger partial charge in [0.1, 0.15) is 0 Å². The first-order chi connectivity index (χ1) is 2.64. The summed E-state index contributed by atoms with van der Waals surface area (Å²) in [6.07, 6.45) is 0. The van der Waals surface area contributed by atoms with Gasteiger partial charge in [0.25, 0.3) is 0 Å². The number of hydrogen-bond donors (Lipinski definition) is 0. The van der Waals surface area contributed by atoms with Crippen molar-refractivity contribution in [3.63, 3.8) is 0 Å². The van der Waals surface area contributed by atoms with E-state index in [1.807, 2.05) is 25.9 Å². The SMILES string of the molecule is CC(=S)N(C)C. The molecule has 0 unspecified atom stereocenters. The molecular weight excluding hydrogens is 94.1 g/mol. The zero-order chi connectivity index (χ0) is 5.15. The highest BCUT2D eigenvalue weighted by molar-refractivity contribution is 7.80. The lowest BCUT2D eigenvalue weighted by atomic mass is 10.7. The first kappa shape index (κ1) is 5.89. The normalized spacial score (nSPS) is 7.83. The third kappa shape index (κ3) is 2.15. The summed E-state index contributed by atoms with van der Waals surface area (Å²) in [6.45, 7) is 1.90. The maximum Gasteiger partial charge on any atom is 0.0742 e. The van der Waals surface area contributed by atoms with Gasteiger partial charge in [0, 0.05) is 14.1 Å². The zero-order valence-corrected chi connectivity index (χ0v) is 5.17. The van der Waals surface area contributed by atoms with Gasteiger partial charge in [-0.3, -0.25) is 0 Å². The van der Waals surface area contributed by atoms with Crippen LogP contribution in [0.5, 0.6) is 0 Å². The Bertz CT molecular complexity index is 58.6. The van der Waals surface area contributed by atoms with E-state index < -0.39 is 0 Å². The summed E-state index contributed by atoms with van der Waals surface area (Å²) in [6, 6.07) is 0. The van der Waals surface area contributed by atoms with Crippen molar-refractivity contribution in [3.8, 4) is 0 Å². The molecule has 0 aromatic rings. The lowest BCUT2D eigenvalue weighted by molar-refractivity contribution is 0.632. The van der Waals surface area contributed by atoms with Crippen LogP contribution < -0.4 is 0 Å². The molecule has 0 aromatic carbocycles. The molecule has 0 fully saturated rings. The van der Waals surface area contributed by atoms with Crippen molar-refractivity contribution >= 4 is 17.2 Å². The quantitative estimate of drug-likeness (QED) is 0.419. The number of hydrogen-bond acceptors (Lipinski definition) is 1. The van der Waals surface area contributed by atoms with Crippen LogP contribution in [-0.4, -0.2) is 24.0 Å². The van der Waals surface area contributed by atoms with Gasteiger partial charge in [-0.1, -0.05) is 12.2 Å². The lowest BCUT2D eigenvalue weighted by Crippen LogP contribution is -2.15. The Labute approximate surface area is 44.0 Å². The Kier molecular flexibility index (Phi) is 2.09. The summed E-state index contributed by atoms with van der Waals surface area (Å²) in [7, 11) is 3.87. The molecule has 0 aliphatic rings. The van der Waals surface area contributed by atoms with Crippen molar-refractivity contribution in [2.75, 3.05) is 14.1 Å². The maximum atomic E-state index is 4.75. The van der Waals surface area contributed by atoms with Gasteiger partial charge in [-0.25, -0.2) is 0 Å². The summed E-state index contributed by atoms with van der Waals surface area (Å²) in [5.74, 6) is 0. The fourth-order valence-corrected chi connectivity index (χ4v) is 0. The Morgan fingerprint density at radius 3 is 1.67 bits per heavy atom. The standard InChI is InChI=1S/C4H9NS/c1-4(6)5(2)3/h1-3H3. The second kappa shape index (κ2) is 2.13.